The first-order valence-corrected chi connectivity index (χ1v) is 15.5. The zero-order chi connectivity index (χ0) is 22.9. The van der Waals surface area contributed by atoms with E-state index < -0.39 is 8.07 Å². The third kappa shape index (κ3) is 4.33. The van der Waals surface area contributed by atoms with Crippen LogP contribution in [-0.4, -0.2) is 22.3 Å². The molecule has 0 N–H and O–H groups in total. The average molecular weight is 473 g/mol. The summed E-state index contributed by atoms with van der Waals surface area (Å²) in [5.41, 5.74) is 7.63. The number of thiophene rings is 2. The van der Waals surface area contributed by atoms with Gasteiger partial charge in [-0.15, -0.1) is 34.6 Å². The predicted molar refractivity (Wildman–Crippen MR) is 142 cm³/mol. The lowest BCUT2D eigenvalue weighted by Gasteiger charge is -2.14. The van der Waals surface area contributed by atoms with Gasteiger partial charge in [-0.05, 0) is 57.9 Å². The Balaban J connectivity index is 1.91. The molecule has 0 saturated heterocycles. The number of benzene rings is 2. The Morgan fingerprint density at radius 3 is 1.72 bits per heavy atom. The number of ether oxygens (including phenoxy) is 2. The van der Waals surface area contributed by atoms with E-state index in [-0.39, 0.29) is 0 Å². The Kier molecular flexibility index (Phi) is 6.17. The largest absolute Gasteiger partial charge is 0.496 e. The van der Waals surface area contributed by atoms with Crippen LogP contribution in [0.5, 0.6) is 11.5 Å². The fourth-order valence-corrected chi connectivity index (χ4v) is 5.62. The molecule has 0 unspecified atom stereocenters. The molecule has 160 valence electrons. The second kappa shape index (κ2) is 8.88. The zero-order valence-electron chi connectivity index (χ0n) is 18.8. The van der Waals surface area contributed by atoms with E-state index in [1.165, 1.54) is 0 Å². The first-order valence-electron chi connectivity index (χ1n) is 10.2. The van der Waals surface area contributed by atoms with Crippen molar-refractivity contribution in [2.24, 2.45) is 0 Å². The number of rotatable bonds is 4. The van der Waals surface area contributed by atoms with Crippen molar-refractivity contribution in [3.8, 4) is 57.6 Å². The zero-order valence-corrected chi connectivity index (χ0v) is 21.5. The monoisotopic (exact) mass is 472 g/mol. The molecule has 0 fully saturated rings. The first-order chi connectivity index (χ1) is 15.3. The van der Waals surface area contributed by atoms with Gasteiger partial charge in [-0.2, -0.15) is 0 Å². The highest BCUT2D eigenvalue weighted by atomic mass is 32.1. The van der Waals surface area contributed by atoms with E-state index in [1.54, 1.807) is 36.9 Å². The van der Waals surface area contributed by atoms with Crippen LogP contribution < -0.4 is 9.47 Å². The summed E-state index contributed by atoms with van der Waals surface area (Å²) >= 11 is 3.23. The number of fused-ring (bicyclic) bond motifs is 1. The molecule has 0 spiro atoms. The fourth-order valence-electron chi connectivity index (χ4n) is 3.56. The van der Waals surface area contributed by atoms with E-state index in [0.717, 1.165) is 54.3 Å². The number of terminal acetylenes is 1. The van der Waals surface area contributed by atoms with Gasteiger partial charge >= 0.3 is 0 Å². The summed E-state index contributed by atoms with van der Waals surface area (Å²) in [5.74, 6) is 7.83. The number of hydrogen-bond donors (Lipinski definition) is 0. The molecule has 2 heterocycles. The number of hydrogen-bond acceptors (Lipinski definition) is 4. The second-order valence-corrected chi connectivity index (χ2v) is 15.0. The molecule has 0 aliphatic rings. The van der Waals surface area contributed by atoms with Crippen LogP contribution >= 0.6 is 22.7 Å². The summed E-state index contributed by atoms with van der Waals surface area (Å²) in [6.07, 6.45) is 5.71. The Labute approximate surface area is 198 Å². The SMILES string of the molecule is C#Cc1sccc1-c1cc2cc(OC)c(-c3ccsc3C#C[Si](C)(C)C)cc2cc1OC. The maximum atomic E-state index is 5.81. The maximum Gasteiger partial charge on any atom is 0.129 e. The van der Waals surface area contributed by atoms with Crippen molar-refractivity contribution in [2.75, 3.05) is 14.2 Å². The molecule has 0 aliphatic carbocycles. The van der Waals surface area contributed by atoms with Gasteiger partial charge in [0.1, 0.15) is 19.6 Å². The van der Waals surface area contributed by atoms with Crippen molar-refractivity contribution < 1.29 is 9.47 Å². The molecular formula is C27H24O2S2Si. The van der Waals surface area contributed by atoms with E-state index in [1.807, 2.05) is 11.4 Å². The summed E-state index contributed by atoms with van der Waals surface area (Å²) in [6, 6.07) is 12.6. The molecule has 2 nitrogen and oxygen atoms in total. The second-order valence-electron chi connectivity index (χ2n) is 8.42. The van der Waals surface area contributed by atoms with Crippen LogP contribution in [-0.2, 0) is 0 Å². The van der Waals surface area contributed by atoms with E-state index in [9.17, 15) is 0 Å². The van der Waals surface area contributed by atoms with Gasteiger partial charge in [0, 0.05) is 22.3 Å². The standard InChI is InChI=1S/C27H24O2S2Si/c1-7-26-20(8-11-30-26)22-14-18-17-25(29-3)23(15-19(18)16-24(22)28-2)21-9-12-31-27(21)10-13-32(4,5)6/h1,8-9,11-12,14-17H,2-6H3. The Morgan fingerprint density at radius 2 is 1.25 bits per heavy atom. The van der Waals surface area contributed by atoms with Crippen LogP contribution in [0.3, 0.4) is 0 Å². The lowest BCUT2D eigenvalue weighted by Crippen LogP contribution is -2.16. The molecule has 2 aromatic carbocycles. The Hall–Kier alpha value is -2.96. The molecule has 0 atom stereocenters. The minimum Gasteiger partial charge on any atom is -0.496 e. The quantitative estimate of drug-likeness (QED) is 0.226. The molecule has 0 aliphatic heterocycles. The summed E-state index contributed by atoms with van der Waals surface area (Å²) in [6.45, 7) is 6.77. The van der Waals surface area contributed by atoms with Crippen molar-refractivity contribution in [3.05, 3.63) is 56.9 Å². The molecule has 2 aromatic heterocycles. The van der Waals surface area contributed by atoms with Crippen molar-refractivity contribution in [2.45, 2.75) is 19.6 Å². The first kappa shape index (κ1) is 22.2. The molecule has 4 rings (SSSR count). The van der Waals surface area contributed by atoms with E-state index in [2.05, 4.69) is 72.7 Å². The lowest BCUT2D eigenvalue weighted by molar-refractivity contribution is 0.416. The van der Waals surface area contributed by atoms with Crippen molar-refractivity contribution >= 4 is 41.5 Å². The van der Waals surface area contributed by atoms with Gasteiger partial charge in [-0.1, -0.05) is 31.5 Å². The topological polar surface area (TPSA) is 18.5 Å². The third-order valence-corrected chi connectivity index (χ3v) is 7.62. The Bertz CT molecular complexity index is 1400. The molecule has 5 heteroatoms. The molecule has 4 aromatic rings. The van der Waals surface area contributed by atoms with Gasteiger partial charge in [-0.3, -0.25) is 0 Å². The highest BCUT2D eigenvalue weighted by molar-refractivity contribution is 7.11. The van der Waals surface area contributed by atoms with Crippen molar-refractivity contribution in [3.63, 3.8) is 0 Å². The van der Waals surface area contributed by atoms with E-state index in [4.69, 9.17) is 15.9 Å². The predicted octanol–water partition coefficient (Wildman–Crippen LogP) is 7.52. The molecule has 32 heavy (non-hydrogen) atoms. The van der Waals surface area contributed by atoms with Gasteiger partial charge in [0.2, 0.25) is 0 Å². The van der Waals surface area contributed by atoms with E-state index >= 15 is 0 Å². The summed E-state index contributed by atoms with van der Waals surface area (Å²) in [7, 11) is 1.94. The molecular weight excluding hydrogens is 449 g/mol. The Morgan fingerprint density at radius 1 is 0.750 bits per heavy atom. The average Bonchev–Trinajstić information content (AvgIpc) is 3.44. The van der Waals surface area contributed by atoms with Crippen LogP contribution in [0.15, 0.2) is 47.2 Å². The number of methoxy groups -OCH3 is 2. The van der Waals surface area contributed by atoms with Crippen LogP contribution in [0.2, 0.25) is 19.6 Å². The van der Waals surface area contributed by atoms with Crippen LogP contribution in [0.4, 0.5) is 0 Å². The molecule has 0 amide bonds. The van der Waals surface area contributed by atoms with Gasteiger partial charge in [0.05, 0.1) is 24.0 Å². The van der Waals surface area contributed by atoms with Gasteiger partial charge in [0.25, 0.3) is 0 Å². The minimum atomic E-state index is -1.47. The van der Waals surface area contributed by atoms with Gasteiger partial charge in [0.15, 0.2) is 0 Å². The van der Waals surface area contributed by atoms with Crippen molar-refractivity contribution in [1.29, 1.82) is 0 Å². The molecule has 0 radical (unpaired) electrons. The lowest BCUT2D eigenvalue weighted by atomic mass is 9.96. The summed E-state index contributed by atoms with van der Waals surface area (Å²) < 4.78 is 11.6. The fraction of sp³-hybridized carbons (Fsp3) is 0.185. The maximum absolute atomic E-state index is 5.81. The highest BCUT2D eigenvalue weighted by Gasteiger charge is 2.17. The molecule has 0 bridgehead atoms. The van der Waals surface area contributed by atoms with Crippen LogP contribution in [0, 0.1) is 23.8 Å². The third-order valence-electron chi connectivity index (χ3n) is 5.07. The van der Waals surface area contributed by atoms with E-state index in [0.29, 0.717) is 0 Å². The smallest absolute Gasteiger partial charge is 0.129 e. The van der Waals surface area contributed by atoms with Crippen LogP contribution in [0.1, 0.15) is 9.75 Å². The highest BCUT2D eigenvalue weighted by Crippen LogP contribution is 2.42. The summed E-state index contributed by atoms with van der Waals surface area (Å²) in [5, 5.41) is 6.25. The van der Waals surface area contributed by atoms with Crippen LogP contribution in [0.25, 0.3) is 33.0 Å². The van der Waals surface area contributed by atoms with Gasteiger partial charge in [-0.25, -0.2) is 0 Å². The normalized spacial score (nSPS) is 11.0. The van der Waals surface area contributed by atoms with Crippen molar-refractivity contribution in [1.82, 2.24) is 0 Å². The minimum absolute atomic E-state index is 0.799. The van der Waals surface area contributed by atoms with Gasteiger partial charge < -0.3 is 9.47 Å². The molecule has 0 saturated carbocycles. The summed E-state index contributed by atoms with van der Waals surface area (Å²) in [4.78, 5) is 1.97.